The van der Waals surface area contributed by atoms with E-state index in [4.69, 9.17) is 4.74 Å². The van der Waals surface area contributed by atoms with E-state index in [0.717, 1.165) is 61.2 Å². The molecule has 5 nitrogen and oxygen atoms in total. The summed E-state index contributed by atoms with van der Waals surface area (Å²) in [5, 5.41) is 0. The van der Waals surface area contributed by atoms with Gasteiger partial charge in [-0.2, -0.15) is 0 Å². The van der Waals surface area contributed by atoms with Gasteiger partial charge in [0.1, 0.15) is 0 Å². The zero-order valence-corrected chi connectivity index (χ0v) is 21.5. The lowest BCUT2D eigenvalue weighted by atomic mass is 9.84. The second-order valence-corrected chi connectivity index (χ2v) is 12.6. The Hall–Kier alpha value is -1.62. The van der Waals surface area contributed by atoms with Crippen LogP contribution in [0.3, 0.4) is 0 Å². The van der Waals surface area contributed by atoms with Crippen molar-refractivity contribution in [3.05, 3.63) is 36.4 Å². The minimum atomic E-state index is 0.365. The van der Waals surface area contributed by atoms with Crippen molar-refractivity contribution in [3.63, 3.8) is 0 Å². The molecule has 4 aliphatic carbocycles. The SMILES string of the molecule is c1ncc(CCC(CCC2CC3CCC2C3)OC(CCc2cnc[nH]2)CCC2CC3CCC2C3)[nH]1. The molecule has 2 heterocycles. The van der Waals surface area contributed by atoms with Crippen LogP contribution in [0, 0.1) is 35.5 Å². The number of rotatable bonds is 14. The summed E-state index contributed by atoms with van der Waals surface area (Å²) >= 11 is 0. The van der Waals surface area contributed by atoms with E-state index >= 15 is 0 Å². The Morgan fingerprint density at radius 3 is 1.57 bits per heavy atom. The summed E-state index contributed by atoms with van der Waals surface area (Å²) in [6, 6.07) is 0. The van der Waals surface area contributed by atoms with Gasteiger partial charge in [0, 0.05) is 23.8 Å². The van der Waals surface area contributed by atoms with Gasteiger partial charge in [-0.05, 0) is 125 Å². The molecule has 192 valence electrons. The summed E-state index contributed by atoms with van der Waals surface area (Å²) in [6.07, 6.45) is 29.8. The van der Waals surface area contributed by atoms with Gasteiger partial charge in [-0.15, -0.1) is 0 Å². The van der Waals surface area contributed by atoms with Gasteiger partial charge in [0.05, 0.1) is 24.9 Å². The predicted octanol–water partition coefficient (Wildman–Crippen LogP) is 6.88. The van der Waals surface area contributed by atoms with Crippen LogP contribution in [0.1, 0.15) is 101 Å². The van der Waals surface area contributed by atoms with Gasteiger partial charge >= 0.3 is 0 Å². The number of imidazole rings is 2. The summed E-state index contributed by atoms with van der Waals surface area (Å²) in [4.78, 5) is 15.1. The normalized spacial score (nSPS) is 33.0. The summed E-state index contributed by atoms with van der Waals surface area (Å²) < 4.78 is 7.06. The number of nitrogens with one attached hydrogen (secondary N) is 2. The highest BCUT2D eigenvalue weighted by molar-refractivity contribution is 4.97. The van der Waals surface area contributed by atoms with Crippen molar-refractivity contribution in [3.8, 4) is 0 Å². The van der Waals surface area contributed by atoms with Gasteiger partial charge in [-0.1, -0.05) is 12.8 Å². The molecule has 0 radical (unpaired) electrons. The van der Waals surface area contributed by atoms with Gasteiger partial charge in [0.15, 0.2) is 0 Å². The van der Waals surface area contributed by atoms with Gasteiger partial charge in [-0.25, -0.2) is 9.97 Å². The summed E-state index contributed by atoms with van der Waals surface area (Å²) in [6.45, 7) is 0. The molecule has 0 spiro atoms. The highest BCUT2D eigenvalue weighted by Crippen LogP contribution is 2.51. The summed E-state index contributed by atoms with van der Waals surface area (Å²) in [7, 11) is 0. The van der Waals surface area contributed by atoms with E-state index in [1.807, 2.05) is 25.0 Å². The Balaban J connectivity index is 1.07. The molecular weight excluding hydrogens is 432 g/mol. The number of aromatic amines is 2. The first-order valence-corrected chi connectivity index (χ1v) is 14.9. The molecule has 8 unspecified atom stereocenters. The van der Waals surface area contributed by atoms with Crippen molar-refractivity contribution in [2.24, 2.45) is 35.5 Å². The zero-order chi connectivity index (χ0) is 23.5. The minimum Gasteiger partial charge on any atom is -0.375 e. The van der Waals surface area contributed by atoms with E-state index in [9.17, 15) is 0 Å². The molecule has 4 fully saturated rings. The van der Waals surface area contributed by atoms with Crippen molar-refractivity contribution in [1.29, 1.82) is 0 Å². The van der Waals surface area contributed by atoms with Crippen LogP contribution in [0.2, 0.25) is 0 Å². The molecule has 0 aliphatic heterocycles. The average Bonchev–Trinajstić information content (AvgIpc) is 3.72. The second-order valence-electron chi connectivity index (χ2n) is 12.6. The highest BCUT2D eigenvalue weighted by atomic mass is 16.5. The topological polar surface area (TPSA) is 66.6 Å². The van der Waals surface area contributed by atoms with Gasteiger partial charge in [-0.3, -0.25) is 0 Å². The number of fused-ring (bicyclic) bond motifs is 4. The van der Waals surface area contributed by atoms with E-state index in [1.54, 1.807) is 0 Å². The van der Waals surface area contributed by atoms with Gasteiger partial charge < -0.3 is 14.7 Å². The molecule has 5 heteroatoms. The van der Waals surface area contributed by atoms with Crippen LogP contribution in [0.5, 0.6) is 0 Å². The van der Waals surface area contributed by atoms with Crippen LogP contribution in [0.15, 0.2) is 25.0 Å². The molecular formula is C30H46N4O. The first-order chi connectivity index (χ1) is 17.3. The fourth-order valence-electron chi connectivity index (χ4n) is 8.57. The standard InChI is InChI=1S/C30H46N4O/c1-3-23-13-21(1)15-25(23)5-9-29(11-7-27-17-31-19-33-27)35-30(12-8-28-18-32-20-34-28)10-6-26-16-22-2-4-24(26)14-22/h17-26,29-30H,1-16H2,(H,31,33)(H,32,34). The molecule has 8 atom stereocenters. The molecule has 6 rings (SSSR count). The molecule has 0 amide bonds. The van der Waals surface area contributed by atoms with Crippen LogP contribution < -0.4 is 0 Å². The maximum atomic E-state index is 7.06. The van der Waals surface area contributed by atoms with Crippen LogP contribution >= 0.6 is 0 Å². The number of aryl methyl sites for hydroxylation is 2. The first kappa shape index (κ1) is 23.8. The van der Waals surface area contributed by atoms with Crippen molar-refractivity contribution in [2.75, 3.05) is 0 Å². The molecule has 35 heavy (non-hydrogen) atoms. The third-order valence-corrected chi connectivity index (χ3v) is 10.5. The molecule has 2 N–H and O–H groups in total. The number of hydrogen-bond acceptors (Lipinski definition) is 3. The molecule has 2 aromatic rings. The molecule has 2 aromatic heterocycles. The number of aromatic nitrogens is 4. The van der Waals surface area contributed by atoms with Crippen LogP contribution in [0.4, 0.5) is 0 Å². The van der Waals surface area contributed by atoms with E-state index in [1.165, 1.54) is 88.4 Å². The van der Waals surface area contributed by atoms with E-state index in [0.29, 0.717) is 12.2 Å². The van der Waals surface area contributed by atoms with Crippen LogP contribution in [-0.4, -0.2) is 32.1 Å². The lowest BCUT2D eigenvalue weighted by molar-refractivity contribution is -0.0348. The summed E-state index contributed by atoms with van der Waals surface area (Å²) in [5.74, 6) is 6.04. The lowest BCUT2D eigenvalue weighted by Crippen LogP contribution is -2.26. The molecule has 4 aliphatic rings. The van der Waals surface area contributed by atoms with Crippen molar-refractivity contribution >= 4 is 0 Å². The molecule has 0 aromatic carbocycles. The predicted molar refractivity (Wildman–Crippen MR) is 139 cm³/mol. The van der Waals surface area contributed by atoms with Crippen LogP contribution in [0.25, 0.3) is 0 Å². The fourth-order valence-corrected chi connectivity index (χ4v) is 8.57. The number of H-pyrrole nitrogens is 2. The fraction of sp³-hybridized carbons (Fsp3) is 0.800. The monoisotopic (exact) mass is 478 g/mol. The number of hydrogen-bond donors (Lipinski definition) is 2. The van der Waals surface area contributed by atoms with E-state index in [2.05, 4.69) is 19.9 Å². The van der Waals surface area contributed by atoms with Crippen molar-refractivity contribution in [1.82, 2.24) is 19.9 Å². The van der Waals surface area contributed by atoms with E-state index < -0.39 is 0 Å². The Morgan fingerprint density at radius 2 is 1.20 bits per heavy atom. The maximum Gasteiger partial charge on any atom is 0.0921 e. The highest BCUT2D eigenvalue weighted by Gasteiger charge is 2.40. The Bertz CT molecular complexity index is 808. The third-order valence-electron chi connectivity index (χ3n) is 10.5. The summed E-state index contributed by atoms with van der Waals surface area (Å²) in [5.41, 5.74) is 2.49. The van der Waals surface area contributed by atoms with Crippen LogP contribution in [-0.2, 0) is 17.6 Å². The largest absolute Gasteiger partial charge is 0.375 e. The Kier molecular flexibility index (Phi) is 7.60. The quantitative estimate of drug-likeness (QED) is 0.311. The third kappa shape index (κ3) is 6.03. The second kappa shape index (κ2) is 11.2. The Morgan fingerprint density at radius 1 is 0.686 bits per heavy atom. The Labute approximate surface area is 211 Å². The first-order valence-electron chi connectivity index (χ1n) is 14.9. The molecule has 4 bridgehead atoms. The van der Waals surface area contributed by atoms with Crippen molar-refractivity contribution < 1.29 is 4.74 Å². The average molecular weight is 479 g/mol. The van der Waals surface area contributed by atoms with Gasteiger partial charge in [0.2, 0.25) is 0 Å². The van der Waals surface area contributed by atoms with Gasteiger partial charge in [0.25, 0.3) is 0 Å². The smallest absolute Gasteiger partial charge is 0.0921 e. The maximum absolute atomic E-state index is 7.06. The van der Waals surface area contributed by atoms with Crippen molar-refractivity contribution in [2.45, 2.75) is 115 Å². The van der Waals surface area contributed by atoms with E-state index in [-0.39, 0.29) is 0 Å². The lowest BCUT2D eigenvalue weighted by Gasteiger charge is -2.29. The number of ether oxygens (including phenoxy) is 1. The number of nitrogens with zero attached hydrogens (tertiary/aromatic N) is 2. The zero-order valence-electron chi connectivity index (χ0n) is 21.5. The minimum absolute atomic E-state index is 0.365. The molecule has 0 saturated heterocycles. The molecule has 4 saturated carbocycles.